The molecule has 1 heterocycles. The molecule has 0 aliphatic heterocycles. The molecule has 3 aromatic rings. The van der Waals surface area contributed by atoms with E-state index < -0.39 is 34.8 Å². The van der Waals surface area contributed by atoms with Crippen LogP contribution in [-0.4, -0.2) is 37.5 Å². The van der Waals surface area contributed by atoms with Gasteiger partial charge in [0.2, 0.25) is 5.91 Å². The first kappa shape index (κ1) is 34.8. The van der Waals surface area contributed by atoms with Gasteiger partial charge in [-0.25, -0.2) is 22.9 Å². The summed E-state index contributed by atoms with van der Waals surface area (Å²) in [5.41, 5.74) is 4.79. The Kier molecular flexibility index (Phi) is 12.2. The van der Waals surface area contributed by atoms with Gasteiger partial charge in [0.15, 0.2) is 0 Å². The number of aromatic nitrogens is 2. The van der Waals surface area contributed by atoms with Gasteiger partial charge < -0.3 is 16.5 Å². The first-order chi connectivity index (χ1) is 19.0. The van der Waals surface area contributed by atoms with E-state index in [1.807, 2.05) is 45.2 Å². The highest BCUT2D eigenvalue weighted by Crippen LogP contribution is 2.32. The summed E-state index contributed by atoms with van der Waals surface area (Å²) in [5, 5.41) is 10.9. The lowest BCUT2D eigenvalue weighted by Crippen LogP contribution is -2.41. The van der Waals surface area contributed by atoms with Crippen LogP contribution in [0.4, 0.5) is 25.1 Å². The Morgan fingerprint density at radius 2 is 1.62 bits per heavy atom. The van der Waals surface area contributed by atoms with E-state index in [9.17, 15) is 28.0 Å². The minimum Gasteiger partial charge on any atom is -0.412 e. The average molecular weight is 808 g/mol. The fraction of sp³-hybridized carbons (Fsp3) is 0.296. The van der Waals surface area contributed by atoms with Crippen molar-refractivity contribution < 1.29 is 23.8 Å². The number of benzene rings is 2. The van der Waals surface area contributed by atoms with Crippen LogP contribution in [0.1, 0.15) is 45.6 Å². The molecule has 0 bridgehead atoms. The third kappa shape index (κ3) is 8.13. The Labute approximate surface area is 266 Å². The van der Waals surface area contributed by atoms with Crippen LogP contribution in [0.25, 0.3) is 5.69 Å². The minimum absolute atomic E-state index is 0. The topological polar surface area (TPSA) is 175 Å². The monoisotopic (exact) mass is 808 g/mol. The van der Waals surface area contributed by atoms with Crippen LogP contribution >= 0.6 is 45.2 Å². The van der Waals surface area contributed by atoms with Crippen molar-refractivity contribution in [2.24, 2.45) is 0 Å². The maximum absolute atomic E-state index is 14.0. The number of nitriles is 1. The number of nitrogens with two attached hydrogens (primary N) is 1. The zero-order valence-electron chi connectivity index (χ0n) is 21.2. The number of carbonyl (C=O) groups is 2. The van der Waals surface area contributed by atoms with Crippen LogP contribution in [-0.2, 0) is 4.79 Å². The SMILES string of the molecule is C.N#CCC(=O)N(C(=O)Nc1ccc(I)cc1F)C1CC1.Nc1cc(=O)n(C2CC2)c(=O)n1-c1ccc(I)cc1F.O. The van der Waals surface area contributed by atoms with Crippen LogP contribution in [0.3, 0.4) is 0 Å². The smallest absolute Gasteiger partial charge is 0.337 e. The lowest BCUT2D eigenvalue weighted by molar-refractivity contribution is -0.127. The van der Waals surface area contributed by atoms with Crippen molar-refractivity contribution >= 4 is 68.6 Å². The standard InChI is InChI=1S/2C13H11FIN3O2.CH4.H2O/c14-9-5-7(15)1-4-10(9)18-11(16)6-12(19)17(13(18)20)8-2-3-8;14-10-7-8(15)1-4-11(10)17-13(20)18(9-2-3-9)12(19)5-6-16;;/h1,4-6,8H,2-3,16H2;1,4,7,9H,2-3,5H2,(H,17,20);1H4;1H2. The number of amides is 3. The molecule has 2 fully saturated rings. The number of nitrogens with zero attached hydrogens (tertiary/aromatic N) is 4. The first-order valence-electron chi connectivity index (χ1n) is 12.1. The van der Waals surface area contributed by atoms with Gasteiger partial charge in [0.25, 0.3) is 5.56 Å². The quantitative estimate of drug-likeness (QED) is 0.363. The van der Waals surface area contributed by atoms with E-state index in [0.29, 0.717) is 7.14 Å². The number of nitrogens with one attached hydrogen (secondary N) is 1. The summed E-state index contributed by atoms with van der Waals surface area (Å²) in [4.78, 5) is 49.1. The predicted molar refractivity (Wildman–Crippen MR) is 170 cm³/mol. The molecule has 42 heavy (non-hydrogen) atoms. The highest BCUT2D eigenvalue weighted by atomic mass is 127. The molecule has 1 aromatic heterocycles. The zero-order valence-corrected chi connectivity index (χ0v) is 25.6. The van der Waals surface area contributed by atoms with E-state index >= 15 is 0 Å². The normalized spacial score (nSPS) is 13.3. The molecule has 2 aliphatic rings. The molecule has 0 unspecified atom stereocenters. The van der Waals surface area contributed by atoms with Gasteiger partial charge in [0, 0.05) is 25.3 Å². The van der Waals surface area contributed by atoms with Gasteiger partial charge >= 0.3 is 11.7 Å². The van der Waals surface area contributed by atoms with Crippen molar-refractivity contribution in [3.63, 3.8) is 0 Å². The lowest BCUT2D eigenvalue weighted by atomic mass is 10.3. The summed E-state index contributed by atoms with van der Waals surface area (Å²) >= 11 is 3.94. The van der Waals surface area contributed by atoms with Crippen LogP contribution in [0, 0.1) is 30.1 Å². The fourth-order valence-corrected chi connectivity index (χ4v) is 4.79. The summed E-state index contributed by atoms with van der Waals surface area (Å²) in [5.74, 6) is -1.73. The highest BCUT2D eigenvalue weighted by Gasteiger charge is 2.37. The van der Waals surface area contributed by atoms with E-state index in [1.165, 1.54) is 24.3 Å². The summed E-state index contributed by atoms with van der Waals surface area (Å²) in [6.45, 7) is 0. The summed E-state index contributed by atoms with van der Waals surface area (Å²) < 4.78 is 31.3. The molecule has 11 nitrogen and oxygen atoms in total. The van der Waals surface area contributed by atoms with E-state index in [4.69, 9.17) is 11.0 Å². The Bertz CT molecular complexity index is 1650. The number of urea groups is 1. The molecule has 2 aliphatic carbocycles. The van der Waals surface area contributed by atoms with Gasteiger partial charge in [0.1, 0.15) is 23.9 Å². The predicted octanol–water partition coefficient (Wildman–Crippen LogP) is 4.34. The number of hydrogen-bond donors (Lipinski definition) is 2. The molecule has 2 saturated carbocycles. The number of carbonyl (C=O) groups excluding carboxylic acids is 2. The zero-order chi connectivity index (χ0) is 29.1. The Balaban J connectivity index is 0.000000280. The molecule has 15 heteroatoms. The van der Waals surface area contributed by atoms with E-state index in [-0.39, 0.29) is 48.6 Å². The van der Waals surface area contributed by atoms with Crippen LogP contribution < -0.4 is 22.3 Å². The molecule has 0 radical (unpaired) electrons. The van der Waals surface area contributed by atoms with Crippen LogP contribution in [0.5, 0.6) is 0 Å². The number of hydrogen-bond acceptors (Lipinski definition) is 6. The first-order valence-corrected chi connectivity index (χ1v) is 14.2. The van der Waals surface area contributed by atoms with Crippen molar-refractivity contribution in [3.05, 3.63) is 82.1 Å². The molecule has 5 rings (SSSR count). The minimum atomic E-state index is -0.687. The van der Waals surface area contributed by atoms with Gasteiger partial charge in [-0.3, -0.25) is 19.1 Å². The maximum Gasteiger partial charge on any atom is 0.337 e. The molecule has 5 N–H and O–H groups in total. The van der Waals surface area contributed by atoms with E-state index in [0.717, 1.165) is 45.8 Å². The Hall–Kier alpha value is -3.37. The summed E-state index contributed by atoms with van der Waals surface area (Å²) in [6.07, 6.45) is 2.65. The van der Waals surface area contributed by atoms with Crippen molar-refractivity contribution in [1.82, 2.24) is 14.0 Å². The Morgan fingerprint density at radius 1 is 1.02 bits per heavy atom. The fourth-order valence-electron chi connectivity index (χ4n) is 3.88. The molecule has 0 spiro atoms. The molecular formula is C27H28F2I2N6O5. The lowest BCUT2D eigenvalue weighted by Gasteiger charge is -2.20. The highest BCUT2D eigenvalue weighted by molar-refractivity contribution is 14.1. The van der Waals surface area contributed by atoms with Gasteiger partial charge in [-0.05, 0) is 107 Å². The van der Waals surface area contributed by atoms with Gasteiger partial charge in [-0.2, -0.15) is 5.26 Å². The molecular weight excluding hydrogens is 780 g/mol. The van der Waals surface area contributed by atoms with Gasteiger partial charge in [-0.1, -0.05) is 7.43 Å². The van der Waals surface area contributed by atoms with Crippen LogP contribution in [0.2, 0.25) is 0 Å². The summed E-state index contributed by atoms with van der Waals surface area (Å²) in [7, 11) is 0. The molecule has 2 aromatic carbocycles. The number of imide groups is 1. The molecule has 3 amide bonds. The van der Waals surface area contributed by atoms with Gasteiger partial charge in [-0.15, -0.1) is 0 Å². The third-order valence-corrected chi connectivity index (χ3v) is 7.37. The second kappa shape index (κ2) is 14.7. The van der Waals surface area contributed by atoms with Crippen molar-refractivity contribution in [2.75, 3.05) is 11.1 Å². The maximum atomic E-state index is 14.0. The largest absolute Gasteiger partial charge is 0.412 e. The molecule has 0 atom stereocenters. The van der Waals surface area contributed by atoms with Gasteiger partial charge in [0.05, 0.1) is 17.4 Å². The number of nitrogen functional groups attached to an aromatic ring is 1. The average Bonchev–Trinajstić information content (AvgIpc) is 3.79. The third-order valence-electron chi connectivity index (χ3n) is 6.03. The molecule has 224 valence electrons. The van der Waals surface area contributed by atoms with E-state index in [2.05, 4.69) is 5.32 Å². The van der Waals surface area contributed by atoms with Crippen molar-refractivity contribution in [3.8, 4) is 11.8 Å². The van der Waals surface area contributed by atoms with Crippen molar-refractivity contribution in [2.45, 2.75) is 51.6 Å². The second-order valence-electron chi connectivity index (χ2n) is 9.11. The van der Waals surface area contributed by atoms with Crippen molar-refractivity contribution in [1.29, 1.82) is 5.26 Å². The van der Waals surface area contributed by atoms with E-state index in [1.54, 1.807) is 18.2 Å². The number of halogens is 4. The second-order valence-corrected chi connectivity index (χ2v) is 11.6. The Morgan fingerprint density at radius 3 is 2.14 bits per heavy atom. The number of rotatable bonds is 5. The molecule has 0 saturated heterocycles. The number of anilines is 2. The van der Waals surface area contributed by atoms with Crippen LogP contribution in [0.15, 0.2) is 52.1 Å². The summed E-state index contributed by atoms with van der Waals surface area (Å²) in [6, 6.07) is 10.8.